The Morgan fingerprint density at radius 2 is 1.86 bits per heavy atom. The van der Waals surface area contributed by atoms with E-state index < -0.39 is 0 Å². The fourth-order valence-electron chi connectivity index (χ4n) is 3.57. The summed E-state index contributed by atoms with van der Waals surface area (Å²) in [6.07, 6.45) is 4.40. The number of aryl methyl sites for hydroxylation is 1. The molecule has 1 aromatic heterocycles. The summed E-state index contributed by atoms with van der Waals surface area (Å²) in [5, 5.41) is 2.71. The summed E-state index contributed by atoms with van der Waals surface area (Å²) in [6, 6.07) is 7.94. The Hall–Kier alpha value is -3.55. The minimum absolute atomic E-state index is 0.0207. The van der Waals surface area contributed by atoms with E-state index in [1.807, 2.05) is 31.2 Å². The predicted molar refractivity (Wildman–Crippen MR) is 106 cm³/mol. The van der Waals surface area contributed by atoms with Crippen molar-refractivity contribution in [2.24, 2.45) is 0 Å². The molecule has 148 valence electrons. The van der Waals surface area contributed by atoms with Crippen LogP contribution < -0.4 is 5.32 Å². The first-order valence-corrected chi connectivity index (χ1v) is 9.43. The summed E-state index contributed by atoms with van der Waals surface area (Å²) in [7, 11) is 1.46. The van der Waals surface area contributed by atoms with Gasteiger partial charge >= 0.3 is 0 Å². The number of aromatic nitrogens is 2. The van der Waals surface area contributed by atoms with Crippen LogP contribution in [0.4, 0.5) is 5.82 Å². The van der Waals surface area contributed by atoms with E-state index in [0.29, 0.717) is 35.7 Å². The normalized spacial score (nSPS) is 16.3. The Balaban J connectivity index is 1.43. The van der Waals surface area contributed by atoms with Gasteiger partial charge in [-0.25, -0.2) is 4.98 Å². The van der Waals surface area contributed by atoms with Gasteiger partial charge in [0.05, 0.1) is 24.6 Å². The summed E-state index contributed by atoms with van der Waals surface area (Å²) in [4.78, 5) is 48.4. The van der Waals surface area contributed by atoms with Gasteiger partial charge in [0.1, 0.15) is 5.70 Å². The number of nitrogens with zero attached hydrogens (tertiary/aromatic N) is 4. The lowest BCUT2D eigenvalue weighted by Gasteiger charge is -2.28. The first-order valence-electron chi connectivity index (χ1n) is 9.43. The fourth-order valence-corrected chi connectivity index (χ4v) is 3.57. The molecule has 8 heteroatoms. The van der Waals surface area contributed by atoms with Crippen LogP contribution >= 0.6 is 0 Å². The first kappa shape index (κ1) is 18.8. The molecule has 0 bridgehead atoms. The predicted octanol–water partition coefficient (Wildman–Crippen LogP) is 1.74. The van der Waals surface area contributed by atoms with E-state index in [1.54, 1.807) is 11.1 Å². The van der Waals surface area contributed by atoms with Crippen LogP contribution in [0.25, 0.3) is 11.3 Å². The van der Waals surface area contributed by atoms with Crippen LogP contribution in [0, 0.1) is 6.92 Å². The molecule has 2 aliphatic rings. The smallest absolute Gasteiger partial charge is 0.277 e. The van der Waals surface area contributed by atoms with Gasteiger partial charge in [-0.2, -0.15) is 0 Å². The SMILES string of the molecule is Cc1ccc(-c2cnc(NC(=O)CN3CCCC4=C3C(=O)N(C)C4=O)cn2)cc1. The second-order valence-corrected chi connectivity index (χ2v) is 7.22. The zero-order valence-corrected chi connectivity index (χ0v) is 16.3. The second kappa shape index (κ2) is 7.46. The molecule has 8 nitrogen and oxygen atoms in total. The van der Waals surface area contributed by atoms with E-state index in [2.05, 4.69) is 15.3 Å². The number of nitrogens with one attached hydrogen (secondary N) is 1. The number of likely N-dealkylation sites (N-methyl/N-ethyl adjacent to an activating group) is 1. The van der Waals surface area contributed by atoms with Crippen LogP contribution in [0.1, 0.15) is 18.4 Å². The molecular formula is C21H21N5O3. The van der Waals surface area contributed by atoms with Crippen LogP contribution in [-0.4, -0.2) is 57.6 Å². The average molecular weight is 391 g/mol. The highest BCUT2D eigenvalue weighted by atomic mass is 16.2. The van der Waals surface area contributed by atoms with Crippen LogP contribution in [-0.2, 0) is 14.4 Å². The van der Waals surface area contributed by atoms with Gasteiger partial charge in [-0.1, -0.05) is 29.8 Å². The molecule has 0 saturated carbocycles. The average Bonchev–Trinajstić information content (AvgIpc) is 2.94. The van der Waals surface area contributed by atoms with Crippen molar-refractivity contribution in [2.45, 2.75) is 19.8 Å². The van der Waals surface area contributed by atoms with E-state index in [9.17, 15) is 14.4 Å². The van der Waals surface area contributed by atoms with Crippen molar-refractivity contribution in [3.05, 3.63) is 53.5 Å². The molecule has 4 rings (SSSR count). The van der Waals surface area contributed by atoms with Gasteiger partial charge in [-0.05, 0) is 19.8 Å². The molecule has 3 amide bonds. The van der Waals surface area contributed by atoms with Crippen LogP contribution in [0.3, 0.4) is 0 Å². The molecule has 29 heavy (non-hydrogen) atoms. The summed E-state index contributed by atoms with van der Waals surface area (Å²) in [5.74, 6) is -0.596. The number of carbonyl (C=O) groups is 3. The van der Waals surface area contributed by atoms with E-state index in [0.717, 1.165) is 22.4 Å². The molecule has 1 aromatic carbocycles. The number of anilines is 1. The van der Waals surface area contributed by atoms with E-state index in [-0.39, 0.29) is 24.3 Å². The zero-order valence-electron chi connectivity index (χ0n) is 16.3. The standard InChI is InChI=1S/C21H21N5O3/c1-13-5-7-14(8-6-13)16-10-23-17(11-22-16)24-18(27)12-26-9-3-4-15-19(26)21(29)25(2)20(15)28/h5-8,10-11H,3-4,9,12H2,1-2H3,(H,23,24,27). The number of amides is 3. The molecule has 0 saturated heterocycles. The Labute approximate surface area is 168 Å². The maximum absolute atomic E-state index is 12.5. The first-order chi connectivity index (χ1) is 13.9. The van der Waals surface area contributed by atoms with E-state index in [4.69, 9.17) is 0 Å². The molecule has 0 unspecified atom stereocenters. The number of imide groups is 1. The van der Waals surface area contributed by atoms with Gasteiger partial charge in [-0.3, -0.25) is 24.3 Å². The van der Waals surface area contributed by atoms with Crippen molar-refractivity contribution in [1.82, 2.24) is 19.8 Å². The molecule has 3 heterocycles. The quantitative estimate of drug-likeness (QED) is 0.798. The minimum Gasteiger partial charge on any atom is -0.357 e. The molecule has 0 radical (unpaired) electrons. The molecule has 0 fully saturated rings. The molecule has 0 spiro atoms. The van der Waals surface area contributed by atoms with Gasteiger partial charge in [0.15, 0.2) is 5.82 Å². The van der Waals surface area contributed by atoms with Crippen LogP contribution in [0.15, 0.2) is 47.9 Å². The lowest BCUT2D eigenvalue weighted by atomic mass is 10.0. The Morgan fingerprint density at radius 3 is 2.55 bits per heavy atom. The lowest BCUT2D eigenvalue weighted by molar-refractivity contribution is -0.136. The largest absolute Gasteiger partial charge is 0.357 e. The molecular weight excluding hydrogens is 370 g/mol. The third kappa shape index (κ3) is 3.61. The number of rotatable bonds is 4. The summed E-state index contributed by atoms with van der Waals surface area (Å²) >= 11 is 0. The topological polar surface area (TPSA) is 95.5 Å². The molecule has 2 aliphatic heterocycles. The number of carbonyl (C=O) groups excluding carboxylic acids is 3. The fraction of sp³-hybridized carbons (Fsp3) is 0.286. The van der Waals surface area contributed by atoms with E-state index >= 15 is 0 Å². The highest BCUT2D eigenvalue weighted by Gasteiger charge is 2.40. The number of benzene rings is 1. The maximum Gasteiger partial charge on any atom is 0.277 e. The van der Waals surface area contributed by atoms with Gasteiger partial charge in [0.25, 0.3) is 11.8 Å². The third-order valence-corrected chi connectivity index (χ3v) is 5.13. The van der Waals surface area contributed by atoms with Crippen molar-refractivity contribution in [1.29, 1.82) is 0 Å². The zero-order chi connectivity index (χ0) is 20.5. The van der Waals surface area contributed by atoms with Crippen molar-refractivity contribution < 1.29 is 14.4 Å². The van der Waals surface area contributed by atoms with Crippen molar-refractivity contribution >= 4 is 23.5 Å². The Kier molecular flexibility index (Phi) is 4.84. The second-order valence-electron chi connectivity index (χ2n) is 7.22. The summed E-state index contributed by atoms with van der Waals surface area (Å²) in [5.41, 5.74) is 3.67. The molecule has 2 aromatic rings. The van der Waals surface area contributed by atoms with Crippen molar-refractivity contribution in [3.8, 4) is 11.3 Å². The van der Waals surface area contributed by atoms with Crippen LogP contribution in [0.2, 0.25) is 0 Å². The van der Waals surface area contributed by atoms with Gasteiger partial charge < -0.3 is 10.2 Å². The Morgan fingerprint density at radius 1 is 1.10 bits per heavy atom. The van der Waals surface area contributed by atoms with Crippen molar-refractivity contribution in [2.75, 3.05) is 25.5 Å². The highest BCUT2D eigenvalue weighted by Crippen LogP contribution is 2.30. The summed E-state index contributed by atoms with van der Waals surface area (Å²) < 4.78 is 0. The van der Waals surface area contributed by atoms with Gasteiger partial charge in [-0.15, -0.1) is 0 Å². The lowest BCUT2D eigenvalue weighted by Crippen LogP contribution is -2.38. The monoisotopic (exact) mass is 391 g/mol. The third-order valence-electron chi connectivity index (χ3n) is 5.13. The van der Waals surface area contributed by atoms with Gasteiger partial charge in [0, 0.05) is 24.7 Å². The molecule has 1 N–H and O–H groups in total. The number of hydrogen-bond acceptors (Lipinski definition) is 6. The van der Waals surface area contributed by atoms with Gasteiger partial charge in [0.2, 0.25) is 5.91 Å². The Bertz CT molecular complexity index is 1010. The highest BCUT2D eigenvalue weighted by molar-refractivity contribution is 6.19. The molecule has 0 atom stereocenters. The van der Waals surface area contributed by atoms with Crippen LogP contribution in [0.5, 0.6) is 0 Å². The maximum atomic E-state index is 12.5. The minimum atomic E-state index is -0.347. The van der Waals surface area contributed by atoms with Crippen molar-refractivity contribution in [3.63, 3.8) is 0 Å². The number of hydrogen-bond donors (Lipinski definition) is 1. The summed E-state index contributed by atoms with van der Waals surface area (Å²) in [6.45, 7) is 2.55. The molecule has 0 aliphatic carbocycles. The van der Waals surface area contributed by atoms with E-state index in [1.165, 1.54) is 13.2 Å².